The standard InChI is InChI=1S/C9H15ClN2O3/c1-11-9(14)7-6-15-5-4-12(7)8(13)2-3-10/h7H,2-6H2,1H3,(H,11,14). The van der Waals surface area contributed by atoms with Crippen LogP contribution < -0.4 is 5.32 Å². The van der Waals surface area contributed by atoms with E-state index in [0.717, 1.165) is 0 Å². The van der Waals surface area contributed by atoms with Crippen LogP contribution in [0.25, 0.3) is 0 Å². The summed E-state index contributed by atoms with van der Waals surface area (Å²) in [5.74, 6) is -0.0176. The summed E-state index contributed by atoms with van der Waals surface area (Å²) in [7, 11) is 1.54. The van der Waals surface area contributed by atoms with Crippen LogP contribution in [-0.4, -0.2) is 55.4 Å². The molecule has 0 bridgehead atoms. The zero-order valence-corrected chi connectivity index (χ0v) is 9.42. The van der Waals surface area contributed by atoms with E-state index in [-0.39, 0.29) is 30.7 Å². The fourth-order valence-electron chi connectivity index (χ4n) is 1.51. The topological polar surface area (TPSA) is 58.6 Å². The Morgan fingerprint density at radius 2 is 2.33 bits per heavy atom. The lowest BCUT2D eigenvalue weighted by molar-refractivity contribution is -0.148. The Hall–Kier alpha value is -0.810. The third-order valence-corrected chi connectivity index (χ3v) is 2.50. The van der Waals surface area contributed by atoms with Crippen molar-refractivity contribution in [1.82, 2.24) is 10.2 Å². The normalized spacial score (nSPS) is 21.2. The van der Waals surface area contributed by atoms with Crippen molar-refractivity contribution in [3.05, 3.63) is 0 Å². The Bertz CT molecular complexity index is 248. The summed E-state index contributed by atoms with van der Waals surface area (Å²) in [5, 5.41) is 2.52. The molecule has 0 radical (unpaired) electrons. The van der Waals surface area contributed by atoms with E-state index in [1.54, 1.807) is 7.05 Å². The van der Waals surface area contributed by atoms with Crippen molar-refractivity contribution in [3.8, 4) is 0 Å². The van der Waals surface area contributed by atoms with E-state index in [0.29, 0.717) is 13.2 Å². The molecular weight excluding hydrogens is 220 g/mol. The van der Waals surface area contributed by atoms with Crippen LogP contribution in [0.15, 0.2) is 0 Å². The Kier molecular flexibility index (Phi) is 4.84. The molecule has 15 heavy (non-hydrogen) atoms. The molecule has 1 rings (SSSR count). The van der Waals surface area contributed by atoms with E-state index >= 15 is 0 Å². The summed E-state index contributed by atoms with van der Waals surface area (Å²) in [4.78, 5) is 24.6. The van der Waals surface area contributed by atoms with Crippen LogP contribution in [0.3, 0.4) is 0 Å². The van der Waals surface area contributed by atoms with Gasteiger partial charge in [0.25, 0.3) is 0 Å². The van der Waals surface area contributed by atoms with Crippen LogP contribution in [0.2, 0.25) is 0 Å². The van der Waals surface area contributed by atoms with Crippen molar-refractivity contribution in [2.75, 3.05) is 32.7 Å². The van der Waals surface area contributed by atoms with Gasteiger partial charge in [0, 0.05) is 25.9 Å². The second kappa shape index (κ2) is 5.92. The van der Waals surface area contributed by atoms with Gasteiger partial charge < -0.3 is 15.0 Å². The molecule has 1 N–H and O–H groups in total. The summed E-state index contributed by atoms with van der Waals surface area (Å²) in [5.41, 5.74) is 0. The van der Waals surface area contributed by atoms with E-state index in [9.17, 15) is 9.59 Å². The fourth-order valence-corrected chi connectivity index (χ4v) is 1.67. The summed E-state index contributed by atoms with van der Waals surface area (Å²) < 4.78 is 5.18. The van der Waals surface area contributed by atoms with Crippen molar-refractivity contribution < 1.29 is 14.3 Å². The molecule has 6 heteroatoms. The molecular formula is C9H15ClN2O3. The molecule has 0 aromatic carbocycles. The van der Waals surface area contributed by atoms with Gasteiger partial charge in [-0.1, -0.05) is 0 Å². The Labute approximate surface area is 93.7 Å². The largest absolute Gasteiger partial charge is 0.377 e. The summed E-state index contributed by atoms with van der Waals surface area (Å²) in [6.07, 6.45) is 0.259. The van der Waals surface area contributed by atoms with E-state index in [2.05, 4.69) is 5.32 Å². The van der Waals surface area contributed by atoms with Crippen molar-refractivity contribution in [2.45, 2.75) is 12.5 Å². The number of rotatable bonds is 3. The van der Waals surface area contributed by atoms with Crippen molar-refractivity contribution in [1.29, 1.82) is 0 Å². The molecule has 1 saturated heterocycles. The van der Waals surface area contributed by atoms with E-state index in [1.165, 1.54) is 4.90 Å². The highest BCUT2D eigenvalue weighted by atomic mass is 35.5. The highest BCUT2D eigenvalue weighted by Crippen LogP contribution is 2.09. The first kappa shape index (κ1) is 12.3. The Balaban J connectivity index is 2.65. The molecule has 1 aliphatic heterocycles. The van der Waals surface area contributed by atoms with Gasteiger partial charge in [-0.25, -0.2) is 0 Å². The van der Waals surface area contributed by atoms with Crippen LogP contribution in [0.5, 0.6) is 0 Å². The zero-order chi connectivity index (χ0) is 11.3. The van der Waals surface area contributed by atoms with Crippen LogP contribution in [0.1, 0.15) is 6.42 Å². The predicted molar refractivity (Wildman–Crippen MR) is 55.7 cm³/mol. The monoisotopic (exact) mass is 234 g/mol. The second-order valence-electron chi connectivity index (χ2n) is 3.23. The van der Waals surface area contributed by atoms with Crippen LogP contribution >= 0.6 is 11.6 Å². The molecule has 86 valence electrons. The molecule has 1 heterocycles. The van der Waals surface area contributed by atoms with Gasteiger partial charge in [0.2, 0.25) is 11.8 Å². The third kappa shape index (κ3) is 3.07. The number of morpholine rings is 1. The van der Waals surface area contributed by atoms with Gasteiger partial charge in [0.15, 0.2) is 0 Å². The first-order valence-electron chi connectivity index (χ1n) is 4.85. The average molecular weight is 235 g/mol. The number of nitrogens with zero attached hydrogens (tertiary/aromatic N) is 1. The number of halogens is 1. The highest BCUT2D eigenvalue weighted by molar-refractivity contribution is 6.19. The zero-order valence-electron chi connectivity index (χ0n) is 8.66. The van der Waals surface area contributed by atoms with E-state index in [4.69, 9.17) is 16.3 Å². The number of nitrogens with one attached hydrogen (secondary N) is 1. The number of likely N-dealkylation sites (N-methyl/N-ethyl adjacent to an activating group) is 1. The van der Waals surface area contributed by atoms with Crippen molar-refractivity contribution in [3.63, 3.8) is 0 Å². The molecule has 1 aliphatic rings. The molecule has 0 aliphatic carbocycles. The maximum atomic E-state index is 11.6. The van der Waals surface area contributed by atoms with Crippen molar-refractivity contribution >= 4 is 23.4 Å². The summed E-state index contributed by atoms with van der Waals surface area (Å²) >= 11 is 5.50. The third-order valence-electron chi connectivity index (χ3n) is 2.31. The number of hydrogen-bond donors (Lipinski definition) is 1. The number of carbonyl (C=O) groups excluding carboxylic acids is 2. The van der Waals surface area contributed by atoms with Gasteiger partial charge in [-0.15, -0.1) is 11.6 Å². The number of hydrogen-bond acceptors (Lipinski definition) is 3. The lowest BCUT2D eigenvalue weighted by Gasteiger charge is -2.34. The lowest BCUT2D eigenvalue weighted by Crippen LogP contribution is -2.55. The van der Waals surface area contributed by atoms with Gasteiger partial charge in [-0.2, -0.15) is 0 Å². The minimum absolute atomic E-state index is 0.0955. The van der Waals surface area contributed by atoms with E-state index < -0.39 is 6.04 Å². The summed E-state index contributed by atoms with van der Waals surface area (Å²) in [6, 6.07) is -0.514. The molecule has 0 spiro atoms. The Morgan fingerprint density at radius 3 is 2.93 bits per heavy atom. The number of ether oxygens (including phenoxy) is 1. The molecule has 5 nitrogen and oxygen atoms in total. The van der Waals surface area contributed by atoms with Gasteiger partial charge in [-0.3, -0.25) is 9.59 Å². The van der Waals surface area contributed by atoms with Gasteiger partial charge >= 0.3 is 0 Å². The molecule has 2 amide bonds. The molecule has 0 aromatic heterocycles. The maximum Gasteiger partial charge on any atom is 0.244 e. The molecule has 0 saturated carbocycles. The van der Waals surface area contributed by atoms with Gasteiger partial charge in [0.05, 0.1) is 13.2 Å². The van der Waals surface area contributed by atoms with Gasteiger partial charge in [0.1, 0.15) is 6.04 Å². The highest BCUT2D eigenvalue weighted by Gasteiger charge is 2.31. The minimum atomic E-state index is -0.514. The molecule has 1 fully saturated rings. The van der Waals surface area contributed by atoms with Crippen LogP contribution in [-0.2, 0) is 14.3 Å². The predicted octanol–water partition coefficient (Wildman–Crippen LogP) is -0.411. The average Bonchev–Trinajstić information content (AvgIpc) is 2.28. The summed E-state index contributed by atoms with van der Waals surface area (Å²) in [6.45, 7) is 1.18. The smallest absolute Gasteiger partial charge is 0.244 e. The first-order valence-corrected chi connectivity index (χ1v) is 5.39. The number of carbonyl (C=O) groups is 2. The minimum Gasteiger partial charge on any atom is -0.377 e. The molecule has 1 atom stereocenters. The molecule has 0 aromatic rings. The fraction of sp³-hybridized carbons (Fsp3) is 0.778. The number of amides is 2. The Morgan fingerprint density at radius 1 is 1.60 bits per heavy atom. The van der Waals surface area contributed by atoms with E-state index in [1.807, 2.05) is 0 Å². The maximum absolute atomic E-state index is 11.6. The SMILES string of the molecule is CNC(=O)C1COCCN1C(=O)CCCl. The number of alkyl halides is 1. The molecule has 1 unspecified atom stereocenters. The van der Waals surface area contributed by atoms with Gasteiger partial charge in [-0.05, 0) is 0 Å². The van der Waals surface area contributed by atoms with Crippen LogP contribution in [0, 0.1) is 0 Å². The first-order chi connectivity index (χ1) is 7.20. The van der Waals surface area contributed by atoms with Crippen LogP contribution in [0.4, 0.5) is 0 Å². The quantitative estimate of drug-likeness (QED) is 0.676. The second-order valence-corrected chi connectivity index (χ2v) is 3.61. The lowest BCUT2D eigenvalue weighted by atomic mass is 10.2. The van der Waals surface area contributed by atoms with Crippen molar-refractivity contribution in [2.24, 2.45) is 0 Å².